The predicted molar refractivity (Wildman–Crippen MR) is 94.5 cm³/mol. The van der Waals surface area contributed by atoms with Crippen LogP contribution in [0.25, 0.3) is 0 Å². The maximum Gasteiger partial charge on any atom is 0.408 e. The molecule has 26 heavy (non-hydrogen) atoms. The van der Waals surface area contributed by atoms with Gasteiger partial charge < -0.3 is 25.2 Å². The second kappa shape index (κ2) is 9.76. The van der Waals surface area contributed by atoms with Crippen molar-refractivity contribution in [2.75, 3.05) is 6.61 Å². The summed E-state index contributed by atoms with van der Waals surface area (Å²) in [4.78, 5) is 35.1. The normalized spacial score (nSPS) is 13.4. The molecule has 8 nitrogen and oxygen atoms in total. The van der Waals surface area contributed by atoms with Crippen LogP contribution in [0.15, 0.2) is 30.3 Å². The zero-order valence-corrected chi connectivity index (χ0v) is 15.4. The molecule has 3 N–H and O–H groups in total. The summed E-state index contributed by atoms with van der Waals surface area (Å²) in [7, 11) is 0. The molecule has 1 aromatic carbocycles. The Balaban J connectivity index is 2.68. The van der Waals surface area contributed by atoms with Gasteiger partial charge in [-0.25, -0.2) is 4.79 Å². The summed E-state index contributed by atoms with van der Waals surface area (Å²) in [5.41, 5.74) is 0.174. The molecule has 8 heteroatoms. The minimum Gasteiger partial charge on any atom is -0.480 e. The Hall–Kier alpha value is -2.61. The molecule has 0 saturated heterocycles. The first kappa shape index (κ1) is 21.4. The average Bonchev–Trinajstić information content (AvgIpc) is 2.53. The molecule has 144 valence electrons. The monoisotopic (exact) mass is 366 g/mol. The molecule has 0 bridgehead atoms. The van der Waals surface area contributed by atoms with Gasteiger partial charge in [-0.3, -0.25) is 9.59 Å². The van der Waals surface area contributed by atoms with Crippen molar-refractivity contribution < 1.29 is 29.0 Å². The fraction of sp³-hybridized carbons (Fsp3) is 0.500. The molecule has 0 heterocycles. The van der Waals surface area contributed by atoms with Crippen molar-refractivity contribution in [1.29, 1.82) is 0 Å². The highest BCUT2D eigenvalue weighted by Crippen LogP contribution is 2.07. The second-order valence-electron chi connectivity index (χ2n) is 6.77. The molecule has 0 saturated carbocycles. The van der Waals surface area contributed by atoms with Gasteiger partial charge in [-0.05, 0) is 33.3 Å². The molecule has 0 unspecified atom stereocenters. The number of amides is 2. The fourth-order valence-electron chi connectivity index (χ4n) is 1.88. The van der Waals surface area contributed by atoms with Gasteiger partial charge in [-0.15, -0.1) is 0 Å². The standard InChI is InChI=1S/C18H26N2O6/c1-12(16(22)23)19-15(21)14(20-17(24)26-18(2,3)4)11-25-10-13-8-6-5-7-9-13/h5-9,12,14H,10-11H2,1-4H3,(H,19,21)(H,20,24)(H,22,23)/t12-,14+/m1/s1. The number of nitrogens with one attached hydrogen (secondary N) is 2. The second-order valence-corrected chi connectivity index (χ2v) is 6.77. The Morgan fingerprint density at radius 2 is 1.73 bits per heavy atom. The third-order valence-electron chi connectivity index (χ3n) is 3.13. The first-order chi connectivity index (χ1) is 12.1. The summed E-state index contributed by atoms with van der Waals surface area (Å²) in [5.74, 6) is -1.85. The molecule has 0 spiro atoms. The van der Waals surface area contributed by atoms with Gasteiger partial charge >= 0.3 is 12.1 Å². The number of carboxylic acids is 1. The average molecular weight is 366 g/mol. The summed E-state index contributed by atoms with van der Waals surface area (Å²) >= 11 is 0. The Kier molecular flexibility index (Phi) is 8.05. The van der Waals surface area contributed by atoms with E-state index >= 15 is 0 Å². The Bertz CT molecular complexity index is 612. The maximum atomic E-state index is 12.3. The van der Waals surface area contributed by atoms with Crippen molar-refractivity contribution in [3.05, 3.63) is 35.9 Å². The summed E-state index contributed by atoms with van der Waals surface area (Å²) in [6.45, 7) is 6.52. The quantitative estimate of drug-likeness (QED) is 0.645. The highest BCUT2D eigenvalue weighted by Gasteiger charge is 2.26. The number of hydrogen-bond acceptors (Lipinski definition) is 5. The molecular formula is C18H26N2O6. The highest BCUT2D eigenvalue weighted by molar-refractivity contribution is 5.89. The van der Waals surface area contributed by atoms with E-state index in [-0.39, 0.29) is 13.2 Å². The fourth-order valence-corrected chi connectivity index (χ4v) is 1.88. The topological polar surface area (TPSA) is 114 Å². The molecule has 0 radical (unpaired) electrons. The number of hydrogen-bond donors (Lipinski definition) is 3. The largest absolute Gasteiger partial charge is 0.480 e. The molecule has 1 aromatic rings. The van der Waals surface area contributed by atoms with Crippen molar-refractivity contribution >= 4 is 18.0 Å². The number of benzene rings is 1. The van der Waals surface area contributed by atoms with Crippen LogP contribution >= 0.6 is 0 Å². The number of aliphatic carboxylic acids is 1. The number of rotatable bonds is 8. The van der Waals surface area contributed by atoms with Gasteiger partial charge in [0.05, 0.1) is 13.2 Å². The maximum absolute atomic E-state index is 12.3. The van der Waals surface area contributed by atoms with Gasteiger partial charge in [0.2, 0.25) is 5.91 Å². The van der Waals surface area contributed by atoms with E-state index in [4.69, 9.17) is 14.6 Å². The van der Waals surface area contributed by atoms with Crippen LogP contribution in [0.3, 0.4) is 0 Å². The molecule has 0 aromatic heterocycles. The molecule has 0 aliphatic heterocycles. The van der Waals surface area contributed by atoms with Gasteiger partial charge in [-0.2, -0.15) is 0 Å². The molecule has 2 amide bonds. The van der Waals surface area contributed by atoms with E-state index in [1.54, 1.807) is 20.8 Å². The van der Waals surface area contributed by atoms with E-state index in [0.717, 1.165) is 5.56 Å². The number of carbonyl (C=O) groups is 3. The van der Waals surface area contributed by atoms with Crippen LogP contribution in [-0.4, -0.2) is 47.4 Å². The van der Waals surface area contributed by atoms with Crippen LogP contribution in [-0.2, 0) is 25.7 Å². The van der Waals surface area contributed by atoms with Crippen molar-refractivity contribution in [2.45, 2.75) is 52.0 Å². The summed E-state index contributed by atoms with van der Waals surface area (Å²) in [6, 6.07) is 7.13. The van der Waals surface area contributed by atoms with Gasteiger partial charge in [0.25, 0.3) is 0 Å². The number of ether oxygens (including phenoxy) is 2. The van der Waals surface area contributed by atoms with E-state index in [0.29, 0.717) is 0 Å². The van der Waals surface area contributed by atoms with Crippen LogP contribution in [0.5, 0.6) is 0 Å². The molecule has 0 fully saturated rings. The lowest BCUT2D eigenvalue weighted by Gasteiger charge is -2.24. The van der Waals surface area contributed by atoms with Crippen LogP contribution in [0.1, 0.15) is 33.3 Å². The lowest BCUT2D eigenvalue weighted by molar-refractivity contribution is -0.141. The van der Waals surface area contributed by atoms with Gasteiger partial charge in [0.1, 0.15) is 17.7 Å². The molecule has 2 atom stereocenters. The highest BCUT2D eigenvalue weighted by atomic mass is 16.6. The SMILES string of the molecule is C[C@@H](NC(=O)[C@H](COCc1ccccc1)NC(=O)OC(C)(C)C)C(=O)O. The molecular weight excluding hydrogens is 340 g/mol. The minimum absolute atomic E-state index is 0.133. The molecule has 0 aliphatic carbocycles. The van der Waals surface area contributed by atoms with Crippen molar-refractivity contribution in [3.63, 3.8) is 0 Å². The van der Waals surface area contributed by atoms with Crippen molar-refractivity contribution in [2.24, 2.45) is 0 Å². The van der Waals surface area contributed by atoms with Crippen LogP contribution < -0.4 is 10.6 Å². The van der Waals surface area contributed by atoms with Gasteiger partial charge in [0.15, 0.2) is 0 Å². The van der Waals surface area contributed by atoms with E-state index < -0.39 is 35.7 Å². The first-order valence-electron chi connectivity index (χ1n) is 8.23. The zero-order valence-electron chi connectivity index (χ0n) is 15.4. The predicted octanol–water partition coefficient (Wildman–Crippen LogP) is 1.69. The lowest BCUT2D eigenvalue weighted by atomic mass is 10.2. The van der Waals surface area contributed by atoms with Gasteiger partial charge in [0, 0.05) is 0 Å². The third-order valence-corrected chi connectivity index (χ3v) is 3.13. The summed E-state index contributed by atoms with van der Waals surface area (Å²) in [6.07, 6.45) is -0.788. The van der Waals surface area contributed by atoms with Crippen molar-refractivity contribution in [3.8, 4) is 0 Å². The van der Waals surface area contributed by atoms with E-state index in [2.05, 4.69) is 10.6 Å². The van der Waals surface area contributed by atoms with E-state index in [9.17, 15) is 14.4 Å². The van der Waals surface area contributed by atoms with Gasteiger partial charge in [-0.1, -0.05) is 30.3 Å². The summed E-state index contributed by atoms with van der Waals surface area (Å²) < 4.78 is 10.6. The number of alkyl carbamates (subject to hydrolysis) is 1. The Morgan fingerprint density at radius 3 is 2.27 bits per heavy atom. The number of carboxylic acid groups (broad SMARTS) is 1. The minimum atomic E-state index is -1.18. The van der Waals surface area contributed by atoms with E-state index in [1.165, 1.54) is 6.92 Å². The molecule has 0 aliphatic rings. The van der Waals surface area contributed by atoms with Crippen molar-refractivity contribution in [1.82, 2.24) is 10.6 Å². The summed E-state index contributed by atoms with van der Waals surface area (Å²) in [5, 5.41) is 13.6. The van der Waals surface area contributed by atoms with Crippen LogP contribution in [0.2, 0.25) is 0 Å². The Morgan fingerprint density at radius 1 is 1.12 bits per heavy atom. The lowest BCUT2D eigenvalue weighted by Crippen LogP contribution is -2.53. The third kappa shape index (κ3) is 8.48. The van der Waals surface area contributed by atoms with Crippen LogP contribution in [0.4, 0.5) is 4.79 Å². The first-order valence-corrected chi connectivity index (χ1v) is 8.23. The smallest absolute Gasteiger partial charge is 0.408 e. The number of carbonyl (C=O) groups excluding carboxylic acids is 2. The van der Waals surface area contributed by atoms with E-state index in [1.807, 2.05) is 30.3 Å². The zero-order chi connectivity index (χ0) is 19.7. The Labute approximate surface area is 152 Å². The molecule has 1 rings (SSSR count). The van der Waals surface area contributed by atoms with Crippen LogP contribution in [0, 0.1) is 0 Å².